The number of alkyl halides is 3. The van der Waals surface area contributed by atoms with Crippen LogP contribution in [-0.4, -0.2) is 31.6 Å². The van der Waals surface area contributed by atoms with Gasteiger partial charge in [-0.3, -0.25) is 4.79 Å². The molecule has 0 aromatic heterocycles. The van der Waals surface area contributed by atoms with E-state index in [1.807, 2.05) is 0 Å². The van der Waals surface area contributed by atoms with E-state index in [9.17, 15) is 31.5 Å². The summed E-state index contributed by atoms with van der Waals surface area (Å²) < 4.78 is 68.5. The molecule has 1 aliphatic rings. The zero-order valence-corrected chi connectivity index (χ0v) is 19.2. The monoisotopic (exact) mass is 504 g/mol. The Labute approximate surface area is 200 Å². The second-order valence-corrected chi connectivity index (χ2v) is 10.1. The number of amides is 1. The van der Waals surface area contributed by atoms with Gasteiger partial charge in [0, 0.05) is 11.7 Å². The van der Waals surface area contributed by atoms with E-state index in [4.69, 9.17) is 0 Å². The number of sulfonamides is 1. The molecular weight excluding hydrogens is 481 g/mol. The van der Waals surface area contributed by atoms with Gasteiger partial charge >= 0.3 is 6.18 Å². The third-order valence-corrected chi connectivity index (χ3v) is 7.22. The molecule has 0 aliphatic heterocycles. The van der Waals surface area contributed by atoms with Gasteiger partial charge in [0.1, 0.15) is 0 Å². The first kappa shape index (κ1) is 24.9. The van der Waals surface area contributed by atoms with Crippen molar-refractivity contribution >= 4 is 21.6 Å². The van der Waals surface area contributed by atoms with E-state index < -0.39 is 27.7 Å². The number of benzene rings is 3. The van der Waals surface area contributed by atoms with E-state index in [1.165, 1.54) is 60.7 Å². The maximum atomic E-state index is 13.8. The predicted octanol–water partition coefficient (Wildman–Crippen LogP) is 4.11. The van der Waals surface area contributed by atoms with E-state index in [-0.39, 0.29) is 34.2 Å². The molecule has 0 spiro atoms. The zero-order chi connectivity index (χ0) is 25.3. The Morgan fingerprint density at radius 2 is 1.46 bits per heavy atom. The standard InChI is InChI=1S/C25H23F3N2O4S/c26-25(27,28)24(32,18-4-2-1-3-5-18)19-8-10-20(11-9-19)29-23(31)16-17-6-14-22(15-7-17)35(33,34)30-21-12-13-21/h1-11,14-15,21,30,32H,12-13,16H2,(H,29,31). The highest BCUT2D eigenvalue weighted by molar-refractivity contribution is 7.89. The van der Waals surface area contributed by atoms with Crippen LogP contribution in [0.3, 0.4) is 0 Å². The van der Waals surface area contributed by atoms with Crippen molar-refractivity contribution in [3.63, 3.8) is 0 Å². The fourth-order valence-corrected chi connectivity index (χ4v) is 4.94. The molecule has 1 amide bonds. The minimum Gasteiger partial charge on any atom is -0.372 e. The van der Waals surface area contributed by atoms with Crippen LogP contribution in [0, 0.1) is 0 Å². The van der Waals surface area contributed by atoms with Gasteiger partial charge in [0.05, 0.1) is 11.3 Å². The highest BCUT2D eigenvalue weighted by atomic mass is 32.2. The molecule has 35 heavy (non-hydrogen) atoms. The summed E-state index contributed by atoms with van der Waals surface area (Å²) in [5, 5.41) is 13.2. The van der Waals surface area contributed by atoms with Gasteiger partial charge in [0.25, 0.3) is 0 Å². The molecule has 0 heterocycles. The summed E-state index contributed by atoms with van der Waals surface area (Å²) in [4.78, 5) is 12.5. The van der Waals surface area contributed by atoms with Crippen molar-refractivity contribution in [2.45, 2.75) is 42.0 Å². The van der Waals surface area contributed by atoms with Crippen molar-refractivity contribution in [2.24, 2.45) is 0 Å². The van der Waals surface area contributed by atoms with Gasteiger partial charge in [-0.05, 0) is 53.8 Å². The van der Waals surface area contributed by atoms with Gasteiger partial charge in [-0.1, -0.05) is 54.6 Å². The third-order valence-electron chi connectivity index (χ3n) is 5.69. The summed E-state index contributed by atoms with van der Waals surface area (Å²) in [6.45, 7) is 0. The Balaban J connectivity index is 1.43. The second-order valence-electron chi connectivity index (χ2n) is 8.42. The van der Waals surface area contributed by atoms with E-state index in [1.54, 1.807) is 6.07 Å². The van der Waals surface area contributed by atoms with Gasteiger partial charge < -0.3 is 10.4 Å². The minimum absolute atomic E-state index is 0.0170. The molecular formula is C25H23F3N2O4S. The van der Waals surface area contributed by atoms with Crippen molar-refractivity contribution in [1.82, 2.24) is 4.72 Å². The summed E-state index contributed by atoms with van der Waals surface area (Å²) in [7, 11) is -3.59. The van der Waals surface area contributed by atoms with Crippen LogP contribution in [-0.2, 0) is 26.8 Å². The van der Waals surface area contributed by atoms with E-state index in [2.05, 4.69) is 10.0 Å². The third kappa shape index (κ3) is 5.55. The average Bonchev–Trinajstić information content (AvgIpc) is 3.62. The van der Waals surface area contributed by atoms with Crippen molar-refractivity contribution in [3.8, 4) is 0 Å². The van der Waals surface area contributed by atoms with E-state index in [0.29, 0.717) is 5.56 Å². The molecule has 1 unspecified atom stereocenters. The molecule has 3 aromatic carbocycles. The summed E-state index contributed by atoms with van der Waals surface area (Å²) in [6.07, 6.45) is -3.39. The minimum atomic E-state index is -4.97. The van der Waals surface area contributed by atoms with Crippen LogP contribution in [0.2, 0.25) is 0 Å². The van der Waals surface area contributed by atoms with Crippen LogP contribution in [0.25, 0.3) is 0 Å². The normalized spacial score (nSPS) is 15.9. The molecule has 4 rings (SSSR count). The quantitative estimate of drug-likeness (QED) is 0.430. The number of carbonyl (C=O) groups excluding carboxylic acids is 1. The number of hydrogen-bond acceptors (Lipinski definition) is 4. The number of nitrogens with one attached hydrogen (secondary N) is 2. The molecule has 0 radical (unpaired) electrons. The lowest BCUT2D eigenvalue weighted by molar-refractivity contribution is -0.248. The molecule has 6 nitrogen and oxygen atoms in total. The highest BCUT2D eigenvalue weighted by Gasteiger charge is 2.56. The first-order valence-electron chi connectivity index (χ1n) is 10.9. The summed E-state index contributed by atoms with van der Waals surface area (Å²) in [5.74, 6) is -0.432. The van der Waals surface area contributed by atoms with Gasteiger partial charge in [0.15, 0.2) is 0 Å². The number of halogens is 3. The van der Waals surface area contributed by atoms with Crippen molar-refractivity contribution in [3.05, 3.63) is 95.6 Å². The average molecular weight is 505 g/mol. The number of carbonyl (C=O) groups is 1. The van der Waals surface area contributed by atoms with Gasteiger partial charge in [-0.15, -0.1) is 0 Å². The molecule has 1 saturated carbocycles. The lowest BCUT2D eigenvalue weighted by Gasteiger charge is -2.31. The van der Waals surface area contributed by atoms with Gasteiger partial charge in [0.2, 0.25) is 21.5 Å². The first-order chi connectivity index (χ1) is 16.5. The number of aliphatic hydroxyl groups is 1. The van der Waals surface area contributed by atoms with Crippen molar-refractivity contribution in [2.75, 3.05) is 5.32 Å². The molecule has 1 atom stereocenters. The lowest BCUT2D eigenvalue weighted by Crippen LogP contribution is -2.43. The van der Waals surface area contributed by atoms with Crippen molar-refractivity contribution in [1.29, 1.82) is 0 Å². The highest BCUT2D eigenvalue weighted by Crippen LogP contribution is 2.44. The Bertz CT molecular complexity index is 1290. The number of hydrogen-bond donors (Lipinski definition) is 3. The molecule has 1 fully saturated rings. The van der Waals surface area contributed by atoms with Crippen LogP contribution < -0.4 is 10.0 Å². The maximum absolute atomic E-state index is 13.8. The Hall–Kier alpha value is -3.21. The molecule has 184 valence electrons. The largest absolute Gasteiger partial charge is 0.425 e. The molecule has 1 aliphatic carbocycles. The summed E-state index contributed by atoms with van der Waals surface area (Å²) in [6, 6.07) is 17.5. The first-order valence-corrected chi connectivity index (χ1v) is 12.3. The fourth-order valence-electron chi connectivity index (χ4n) is 3.63. The predicted molar refractivity (Wildman–Crippen MR) is 124 cm³/mol. The SMILES string of the molecule is O=C(Cc1ccc(S(=O)(=O)NC2CC2)cc1)Nc1ccc(C(O)(c2ccccc2)C(F)(F)F)cc1. The molecule has 3 aromatic rings. The smallest absolute Gasteiger partial charge is 0.372 e. The Morgan fingerprint density at radius 1 is 0.886 bits per heavy atom. The molecule has 3 N–H and O–H groups in total. The fraction of sp³-hybridized carbons (Fsp3) is 0.240. The topological polar surface area (TPSA) is 95.5 Å². The van der Waals surface area contributed by atoms with Gasteiger partial charge in [-0.25, -0.2) is 13.1 Å². The number of rotatable bonds is 8. The molecule has 10 heteroatoms. The van der Waals surface area contributed by atoms with Crippen LogP contribution in [0.5, 0.6) is 0 Å². The number of anilines is 1. The van der Waals surface area contributed by atoms with Crippen LogP contribution in [0.15, 0.2) is 83.8 Å². The summed E-state index contributed by atoms with van der Waals surface area (Å²) in [5.41, 5.74) is -3.08. The van der Waals surface area contributed by atoms with Gasteiger partial charge in [-0.2, -0.15) is 13.2 Å². The van der Waals surface area contributed by atoms with E-state index in [0.717, 1.165) is 25.0 Å². The van der Waals surface area contributed by atoms with E-state index >= 15 is 0 Å². The zero-order valence-electron chi connectivity index (χ0n) is 18.4. The molecule has 0 bridgehead atoms. The molecule has 0 saturated heterocycles. The Kier molecular flexibility index (Phi) is 6.72. The van der Waals surface area contributed by atoms with Crippen molar-refractivity contribution < 1.29 is 31.5 Å². The summed E-state index contributed by atoms with van der Waals surface area (Å²) >= 11 is 0. The van der Waals surface area contributed by atoms with Crippen LogP contribution in [0.4, 0.5) is 18.9 Å². The second kappa shape index (κ2) is 9.44. The lowest BCUT2D eigenvalue weighted by atomic mass is 9.85. The van der Waals surface area contributed by atoms with Crippen LogP contribution >= 0.6 is 0 Å². The Morgan fingerprint density at radius 3 is 2.00 bits per heavy atom. The maximum Gasteiger partial charge on any atom is 0.425 e. The van der Waals surface area contributed by atoms with Crippen LogP contribution in [0.1, 0.15) is 29.5 Å².